The normalized spacial score (nSPS) is 12.5. The molecule has 2 rings (SSSR count). The zero-order valence-electron chi connectivity index (χ0n) is 12.4. The fourth-order valence-electron chi connectivity index (χ4n) is 2.15. The monoisotopic (exact) mass is 340 g/mol. The van der Waals surface area contributed by atoms with Crippen LogP contribution in [0.25, 0.3) is 0 Å². The zero-order chi connectivity index (χ0) is 15.3. The van der Waals surface area contributed by atoms with Gasteiger partial charge in [-0.25, -0.2) is 13.1 Å². The number of hydrogen-bond acceptors (Lipinski definition) is 3. The third kappa shape index (κ3) is 4.55. The Morgan fingerprint density at radius 1 is 1.05 bits per heavy atom. The molecular weight excluding hydrogens is 320 g/mol. The molecule has 6 heteroatoms. The predicted molar refractivity (Wildman–Crippen MR) is 91.6 cm³/mol. The van der Waals surface area contributed by atoms with E-state index in [4.69, 9.17) is 5.73 Å². The average Bonchev–Trinajstić information content (AvgIpc) is 2.53. The summed E-state index contributed by atoms with van der Waals surface area (Å²) < 4.78 is 27.4. The molecule has 0 heterocycles. The molecule has 1 atom stereocenters. The molecule has 22 heavy (non-hydrogen) atoms. The summed E-state index contributed by atoms with van der Waals surface area (Å²) in [5, 5.41) is 0. The summed E-state index contributed by atoms with van der Waals surface area (Å²) in [6.07, 6.45) is 0.668. The molecule has 120 valence electrons. The standard InChI is InChI=1S/C16H20N2O2S.ClH/c1-2-13-8-6-7-11-16(13)21(19,20)18-12-15(17)14-9-4-3-5-10-14;/h3-11,15,18H,2,12,17H2,1H3;1H. The number of nitrogens with one attached hydrogen (secondary N) is 1. The molecule has 0 saturated heterocycles. The van der Waals surface area contributed by atoms with Crippen molar-refractivity contribution in [3.05, 3.63) is 65.7 Å². The predicted octanol–water partition coefficient (Wildman–Crippen LogP) is 2.65. The molecule has 0 aliphatic carbocycles. The van der Waals surface area contributed by atoms with Crippen LogP contribution in [0.2, 0.25) is 0 Å². The summed E-state index contributed by atoms with van der Waals surface area (Å²) in [7, 11) is -3.54. The topological polar surface area (TPSA) is 72.2 Å². The van der Waals surface area contributed by atoms with E-state index in [1.807, 2.05) is 49.4 Å². The van der Waals surface area contributed by atoms with Crippen molar-refractivity contribution in [1.82, 2.24) is 4.72 Å². The Morgan fingerprint density at radius 2 is 1.64 bits per heavy atom. The van der Waals surface area contributed by atoms with E-state index >= 15 is 0 Å². The van der Waals surface area contributed by atoms with Gasteiger partial charge in [0.1, 0.15) is 0 Å². The largest absolute Gasteiger partial charge is 0.323 e. The minimum atomic E-state index is -3.54. The van der Waals surface area contributed by atoms with Crippen molar-refractivity contribution < 1.29 is 8.42 Å². The molecule has 2 aromatic rings. The average molecular weight is 341 g/mol. The van der Waals surface area contributed by atoms with Crippen LogP contribution in [0.4, 0.5) is 0 Å². The van der Waals surface area contributed by atoms with E-state index in [0.29, 0.717) is 11.3 Å². The first-order valence-electron chi connectivity index (χ1n) is 6.92. The fourth-order valence-corrected chi connectivity index (χ4v) is 3.52. The van der Waals surface area contributed by atoms with Crippen molar-refractivity contribution >= 4 is 22.4 Å². The van der Waals surface area contributed by atoms with Gasteiger partial charge in [-0.3, -0.25) is 0 Å². The maximum absolute atomic E-state index is 12.4. The minimum absolute atomic E-state index is 0. The summed E-state index contributed by atoms with van der Waals surface area (Å²) in [5.74, 6) is 0. The van der Waals surface area contributed by atoms with Crippen molar-refractivity contribution in [2.45, 2.75) is 24.3 Å². The molecule has 0 radical (unpaired) electrons. The lowest BCUT2D eigenvalue weighted by molar-refractivity contribution is 0.571. The van der Waals surface area contributed by atoms with Crippen LogP contribution in [-0.4, -0.2) is 15.0 Å². The second kappa shape index (κ2) is 8.29. The van der Waals surface area contributed by atoms with Gasteiger partial charge >= 0.3 is 0 Å². The Kier molecular flexibility index (Phi) is 7.03. The van der Waals surface area contributed by atoms with Gasteiger partial charge in [-0.2, -0.15) is 0 Å². The summed E-state index contributed by atoms with van der Waals surface area (Å²) in [6.45, 7) is 2.11. The molecule has 0 bridgehead atoms. The van der Waals surface area contributed by atoms with Crippen LogP contribution in [-0.2, 0) is 16.4 Å². The lowest BCUT2D eigenvalue weighted by Crippen LogP contribution is -2.32. The van der Waals surface area contributed by atoms with Crippen LogP contribution >= 0.6 is 12.4 Å². The van der Waals surface area contributed by atoms with E-state index in [1.54, 1.807) is 12.1 Å². The fraction of sp³-hybridized carbons (Fsp3) is 0.250. The lowest BCUT2D eigenvalue weighted by atomic mass is 10.1. The maximum atomic E-state index is 12.4. The van der Waals surface area contributed by atoms with Crippen molar-refractivity contribution in [3.63, 3.8) is 0 Å². The van der Waals surface area contributed by atoms with E-state index in [0.717, 1.165) is 11.1 Å². The summed E-state index contributed by atoms with van der Waals surface area (Å²) in [4.78, 5) is 0.327. The molecule has 1 unspecified atom stereocenters. The van der Waals surface area contributed by atoms with Crippen LogP contribution in [0.3, 0.4) is 0 Å². The Morgan fingerprint density at radius 3 is 2.27 bits per heavy atom. The first-order chi connectivity index (χ1) is 10.0. The minimum Gasteiger partial charge on any atom is -0.323 e. The third-order valence-electron chi connectivity index (χ3n) is 3.36. The SMILES string of the molecule is CCc1ccccc1S(=O)(=O)NCC(N)c1ccccc1.Cl. The molecule has 0 aliphatic heterocycles. The van der Waals surface area contributed by atoms with Crippen LogP contribution in [0, 0.1) is 0 Å². The first-order valence-corrected chi connectivity index (χ1v) is 8.41. The van der Waals surface area contributed by atoms with Crippen molar-refractivity contribution in [2.24, 2.45) is 5.73 Å². The molecule has 3 N–H and O–H groups in total. The highest BCUT2D eigenvalue weighted by Gasteiger charge is 2.18. The van der Waals surface area contributed by atoms with Crippen LogP contribution in [0.1, 0.15) is 24.1 Å². The van der Waals surface area contributed by atoms with E-state index in [9.17, 15) is 8.42 Å². The van der Waals surface area contributed by atoms with Gasteiger partial charge in [0.05, 0.1) is 4.90 Å². The van der Waals surface area contributed by atoms with Gasteiger partial charge in [0, 0.05) is 12.6 Å². The second-order valence-corrected chi connectivity index (χ2v) is 6.57. The smallest absolute Gasteiger partial charge is 0.240 e. The van der Waals surface area contributed by atoms with Crippen molar-refractivity contribution in [3.8, 4) is 0 Å². The number of rotatable bonds is 6. The Balaban J connectivity index is 0.00000242. The molecule has 0 spiro atoms. The number of hydrogen-bond donors (Lipinski definition) is 2. The van der Waals surface area contributed by atoms with Crippen LogP contribution in [0.5, 0.6) is 0 Å². The molecule has 0 fully saturated rings. The number of aryl methyl sites for hydroxylation is 1. The van der Waals surface area contributed by atoms with Crippen molar-refractivity contribution in [2.75, 3.05) is 6.54 Å². The third-order valence-corrected chi connectivity index (χ3v) is 4.89. The highest BCUT2D eigenvalue weighted by molar-refractivity contribution is 7.89. The van der Waals surface area contributed by atoms with Crippen LogP contribution < -0.4 is 10.5 Å². The summed E-state index contributed by atoms with van der Waals surface area (Å²) in [6, 6.07) is 16.1. The van der Waals surface area contributed by atoms with Gasteiger partial charge < -0.3 is 5.73 Å². The zero-order valence-corrected chi connectivity index (χ0v) is 14.0. The van der Waals surface area contributed by atoms with Crippen molar-refractivity contribution in [1.29, 1.82) is 0 Å². The molecule has 0 aromatic heterocycles. The number of nitrogens with two attached hydrogens (primary N) is 1. The Bertz CT molecular complexity index is 690. The van der Waals surface area contributed by atoms with Gasteiger partial charge in [-0.05, 0) is 23.6 Å². The number of benzene rings is 2. The van der Waals surface area contributed by atoms with Gasteiger partial charge in [-0.15, -0.1) is 12.4 Å². The maximum Gasteiger partial charge on any atom is 0.240 e. The second-order valence-electron chi connectivity index (χ2n) is 4.83. The molecular formula is C16H21ClN2O2S. The molecule has 0 saturated carbocycles. The molecule has 0 amide bonds. The van der Waals surface area contributed by atoms with E-state index < -0.39 is 10.0 Å². The van der Waals surface area contributed by atoms with E-state index in [1.165, 1.54) is 0 Å². The highest BCUT2D eigenvalue weighted by Crippen LogP contribution is 2.16. The lowest BCUT2D eigenvalue weighted by Gasteiger charge is -2.15. The molecule has 4 nitrogen and oxygen atoms in total. The van der Waals surface area contributed by atoms with Crippen LogP contribution in [0.15, 0.2) is 59.5 Å². The summed E-state index contributed by atoms with van der Waals surface area (Å²) in [5.41, 5.74) is 7.73. The molecule has 0 aliphatic rings. The molecule has 2 aromatic carbocycles. The number of halogens is 1. The highest BCUT2D eigenvalue weighted by atomic mass is 35.5. The van der Waals surface area contributed by atoms with Gasteiger partial charge in [0.15, 0.2) is 0 Å². The van der Waals surface area contributed by atoms with Gasteiger partial charge in [0.2, 0.25) is 10.0 Å². The number of sulfonamides is 1. The summed E-state index contributed by atoms with van der Waals surface area (Å²) >= 11 is 0. The Labute approximate surface area is 138 Å². The van der Waals surface area contributed by atoms with E-state index in [2.05, 4.69) is 4.72 Å². The van der Waals surface area contributed by atoms with Gasteiger partial charge in [0.25, 0.3) is 0 Å². The quantitative estimate of drug-likeness (QED) is 0.849. The van der Waals surface area contributed by atoms with Gasteiger partial charge in [-0.1, -0.05) is 55.5 Å². The first kappa shape index (κ1) is 18.6. The van der Waals surface area contributed by atoms with E-state index in [-0.39, 0.29) is 25.0 Å². The Hall–Kier alpha value is -1.40.